The van der Waals surface area contributed by atoms with Crippen molar-refractivity contribution in [3.8, 4) is 10.6 Å². The molecule has 0 aliphatic carbocycles. The predicted octanol–water partition coefficient (Wildman–Crippen LogP) is 4.40. The van der Waals surface area contributed by atoms with Crippen molar-refractivity contribution in [2.75, 3.05) is 11.9 Å². The largest absolute Gasteiger partial charge is 0.347 e. The Labute approximate surface area is 153 Å². The highest BCUT2D eigenvalue weighted by atomic mass is 32.1. The number of anilines is 1. The minimum absolute atomic E-state index is 0.0667. The quantitative estimate of drug-likeness (QED) is 0.879. The van der Waals surface area contributed by atoms with Crippen molar-refractivity contribution >= 4 is 16.5 Å². The van der Waals surface area contributed by atoms with Crippen LogP contribution in [0.25, 0.3) is 10.6 Å². The summed E-state index contributed by atoms with van der Waals surface area (Å²) in [6, 6.07) is 5.60. The van der Waals surface area contributed by atoms with Crippen molar-refractivity contribution < 1.29 is 4.39 Å². The molecular formula is C19H27FN4S. The van der Waals surface area contributed by atoms with Crippen LogP contribution < -0.4 is 10.2 Å². The number of halogens is 1. The summed E-state index contributed by atoms with van der Waals surface area (Å²) in [5, 5.41) is 13.7. The summed E-state index contributed by atoms with van der Waals surface area (Å²) in [7, 11) is 2.07. The SMILES string of the molecule is Cc1ccc(-c2nnc(N(C)C3CC(C)(C)NC(C)(C)C3)s2)c(F)c1. The van der Waals surface area contributed by atoms with Gasteiger partial charge in [-0.05, 0) is 65.2 Å². The molecule has 1 aliphatic heterocycles. The zero-order chi connectivity index (χ0) is 18.4. The van der Waals surface area contributed by atoms with Gasteiger partial charge in [-0.15, -0.1) is 10.2 Å². The van der Waals surface area contributed by atoms with E-state index in [4.69, 9.17) is 0 Å². The molecule has 0 atom stereocenters. The number of nitrogens with zero attached hydrogens (tertiary/aromatic N) is 3. The van der Waals surface area contributed by atoms with Gasteiger partial charge in [0.1, 0.15) is 5.82 Å². The first-order valence-corrected chi connectivity index (χ1v) is 9.50. The first-order chi connectivity index (χ1) is 11.6. The fourth-order valence-electron chi connectivity index (χ4n) is 3.96. The molecule has 0 bridgehead atoms. The van der Waals surface area contributed by atoms with Crippen LogP contribution in [0, 0.1) is 12.7 Å². The molecule has 4 nitrogen and oxygen atoms in total. The summed E-state index contributed by atoms with van der Waals surface area (Å²) in [6.07, 6.45) is 2.06. The Kier molecular flexibility index (Phi) is 4.62. The van der Waals surface area contributed by atoms with Crippen molar-refractivity contribution in [1.29, 1.82) is 0 Å². The van der Waals surface area contributed by atoms with Gasteiger partial charge in [0.25, 0.3) is 0 Å². The van der Waals surface area contributed by atoms with Crippen LogP contribution in [0.5, 0.6) is 0 Å². The van der Waals surface area contributed by atoms with Crippen LogP contribution in [0.1, 0.15) is 46.1 Å². The summed E-state index contributed by atoms with van der Waals surface area (Å²) in [4.78, 5) is 2.21. The van der Waals surface area contributed by atoms with E-state index in [9.17, 15) is 4.39 Å². The number of hydrogen-bond acceptors (Lipinski definition) is 5. The van der Waals surface area contributed by atoms with Crippen LogP contribution in [0.15, 0.2) is 18.2 Å². The van der Waals surface area contributed by atoms with Crippen LogP contribution in [-0.2, 0) is 0 Å². The second kappa shape index (κ2) is 6.32. The van der Waals surface area contributed by atoms with Gasteiger partial charge in [0.15, 0.2) is 5.01 Å². The standard InChI is InChI=1S/C19H27FN4S/c1-12-7-8-14(15(20)9-12)16-21-22-17(25-16)24(6)13-10-18(2,3)23-19(4,5)11-13/h7-9,13,23H,10-11H2,1-6H3. The third kappa shape index (κ3) is 4.01. The molecule has 1 aromatic heterocycles. The highest BCUT2D eigenvalue weighted by Gasteiger charge is 2.39. The molecule has 1 aromatic carbocycles. The van der Waals surface area contributed by atoms with Gasteiger partial charge in [-0.3, -0.25) is 0 Å². The zero-order valence-electron chi connectivity index (χ0n) is 15.9. The highest BCUT2D eigenvalue weighted by Crippen LogP contribution is 2.36. The Morgan fingerprint density at radius 1 is 1.16 bits per heavy atom. The van der Waals surface area contributed by atoms with Crippen LogP contribution in [0.4, 0.5) is 9.52 Å². The molecule has 2 heterocycles. The number of aryl methyl sites for hydroxylation is 1. The van der Waals surface area contributed by atoms with E-state index < -0.39 is 0 Å². The lowest BCUT2D eigenvalue weighted by Gasteiger charge is -2.48. The van der Waals surface area contributed by atoms with Gasteiger partial charge in [0, 0.05) is 29.7 Å². The fraction of sp³-hybridized carbons (Fsp3) is 0.579. The highest BCUT2D eigenvalue weighted by molar-refractivity contribution is 7.18. The number of nitrogens with one attached hydrogen (secondary N) is 1. The van der Waals surface area contributed by atoms with E-state index in [0.717, 1.165) is 23.5 Å². The van der Waals surface area contributed by atoms with E-state index in [0.29, 0.717) is 16.6 Å². The van der Waals surface area contributed by atoms with Crippen molar-refractivity contribution in [1.82, 2.24) is 15.5 Å². The van der Waals surface area contributed by atoms with Gasteiger partial charge >= 0.3 is 0 Å². The minimum atomic E-state index is -0.241. The lowest BCUT2D eigenvalue weighted by atomic mass is 9.79. The lowest BCUT2D eigenvalue weighted by molar-refractivity contribution is 0.161. The van der Waals surface area contributed by atoms with E-state index >= 15 is 0 Å². The summed E-state index contributed by atoms with van der Waals surface area (Å²) >= 11 is 1.45. The van der Waals surface area contributed by atoms with Gasteiger partial charge in [-0.2, -0.15) is 0 Å². The number of benzene rings is 1. The van der Waals surface area contributed by atoms with Crippen molar-refractivity contribution in [2.45, 2.75) is 64.6 Å². The lowest BCUT2D eigenvalue weighted by Crippen LogP contribution is -2.61. The summed E-state index contributed by atoms with van der Waals surface area (Å²) in [6.45, 7) is 10.8. The van der Waals surface area contributed by atoms with E-state index in [2.05, 4.69) is 55.2 Å². The smallest absolute Gasteiger partial charge is 0.208 e. The van der Waals surface area contributed by atoms with Gasteiger partial charge in [0.05, 0.1) is 0 Å². The molecule has 1 N–H and O–H groups in total. The van der Waals surface area contributed by atoms with E-state index in [-0.39, 0.29) is 16.9 Å². The Balaban J connectivity index is 1.84. The van der Waals surface area contributed by atoms with Crippen LogP contribution in [0.2, 0.25) is 0 Å². The van der Waals surface area contributed by atoms with E-state index in [1.165, 1.54) is 17.4 Å². The van der Waals surface area contributed by atoms with E-state index in [1.807, 2.05) is 13.0 Å². The third-order valence-electron chi connectivity index (χ3n) is 4.79. The molecule has 3 rings (SSSR count). The average molecular weight is 363 g/mol. The monoisotopic (exact) mass is 362 g/mol. The minimum Gasteiger partial charge on any atom is -0.347 e. The molecule has 0 radical (unpaired) electrons. The zero-order valence-corrected chi connectivity index (χ0v) is 16.7. The molecule has 6 heteroatoms. The number of piperidine rings is 1. The van der Waals surface area contributed by atoms with Gasteiger partial charge in [0.2, 0.25) is 5.13 Å². The Bertz CT molecular complexity index is 753. The second-order valence-corrected chi connectivity index (χ2v) is 9.39. The summed E-state index contributed by atoms with van der Waals surface area (Å²) in [5.74, 6) is -0.241. The maximum absolute atomic E-state index is 14.2. The average Bonchev–Trinajstić information content (AvgIpc) is 2.92. The molecule has 0 unspecified atom stereocenters. The molecule has 2 aromatic rings. The fourth-order valence-corrected chi connectivity index (χ4v) is 4.86. The summed E-state index contributed by atoms with van der Waals surface area (Å²) in [5.41, 5.74) is 1.56. The Hall–Kier alpha value is -1.53. The first-order valence-electron chi connectivity index (χ1n) is 8.69. The van der Waals surface area contributed by atoms with Gasteiger partial charge in [-0.1, -0.05) is 17.4 Å². The Morgan fingerprint density at radius 3 is 2.40 bits per heavy atom. The van der Waals surface area contributed by atoms with Gasteiger partial charge in [-0.25, -0.2) is 4.39 Å². The first kappa shape index (κ1) is 18.3. The predicted molar refractivity (Wildman–Crippen MR) is 103 cm³/mol. The molecule has 136 valence electrons. The molecule has 0 spiro atoms. The van der Waals surface area contributed by atoms with Crippen molar-refractivity contribution in [3.63, 3.8) is 0 Å². The van der Waals surface area contributed by atoms with Crippen molar-refractivity contribution in [2.24, 2.45) is 0 Å². The molecule has 1 fully saturated rings. The number of rotatable bonds is 3. The van der Waals surface area contributed by atoms with Crippen molar-refractivity contribution in [3.05, 3.63) is 29.6 Å². The third-order valence-corrected chi connectivity index (χ3v) is 5.83. The number of hydrogen-bond donors (Lipinski definition) is 1. The molecule has 1 aliphatic rings. The van der Waals surface area contributed by atoms with E-state index in [1.54, 1.807) is 6.07 Å². The van der Waals surface area contributed by atoms with Crippen LogP contribution in [0.3, 0.4) is 0 Å². The summed E-state index contributed by atoms with van der Waals surface area (Å²) < 4.78 is 14.2. The molecule has 0 amide bonds. The maximum atomic E-state index is 14.2. The second-order valence-electron chi connectivity index (χ2n) is 8.44. The Morgan fingerprint density at radius 2 is 1.80 bits per heavy atom. The molecular weight excluding hydrogens is 335 g/mol. The van der Waals surface area contributed by atoms with Crippen LogP contribution in [-0.4, -0.2) is 34.4 Å². The topological polar surface area (TPSA) is 41.1 Å². The van der Waals surface area contributed by atoms with Crippen LogP contribution >= 0.6 is 11.3 Å². The molecule has 0 saturated carbocycles. The normalized spacial score (nSPS) is 19.8. The molecule has 1 saturated heterocycles. The maximum Gasteiger partial charge on any atom is 0.208 e. The van der Waals surface area contributed by atoms with Gasteiger partial charge < -0.3 is 10.2 Å². The molecule has 25 heavy (non-hydrogen) atoms. The number of aromatic nitrogens is 2.